The molecule has 0 aliphatic rings. The molecular weight excluding hydrogens is 405 g/mol. The number of hydrogen-bond acceptors (Lipinski definition) is 5. The zero-order valence-electron chi connectivity index (χ0n) is 16.9. The minimum absolute atomic E-state index is 0.105. The van der Waals surface area contributed by atoms with Crippen LogP contribution in [0.15, 0.2) is 66.0 Å². The van der Waals surface area contributed by atoms with Crippen LogP contribution >= 0.6 is 11.8 Å². The van der Waals surface area contributed by atoms with Crippen molar-refractivity contribution < 1.29 is 18.7 Å². The van der Waals surface area contributed by atoms with Crippen LogP contribution in [0.25, 0.3) is 5.69 Å². The minimum atomic E-state index is -0.683. The van der Waals surface area contributed by atoms with Crippen molar-refractivity contribution in [3.05, 3.63) is 72.3 Å². The molecular formula is C22H22FN3O3S. The molecule has 1 aromatic heterocycles. The number of amides is 1. The van der Waals surface area contributed by atoms with E-state index >= 15 is 0 Å². The Morgan fingerprint density at radius 1 is 1.13 bits per heavy atom. The van der Waals surface area contributed by atoms with Gasteiger partial charge in [0.05, 0.1) is 6.20 Å². The molecule has 0 atom stereocenters. The van der Waals surface area contributed by atoms with Crippen LogP contribution in [-0.2, 0) is 9.53 Å². The van der Waals surface area contributed by atoms with E-state index in [2.05, 4.69) is 4.98 Å². The zero-order chi connectivity index (χ0) is 21.7. The Morgan fingerprint density at radius 2 is 1.80 bits per heavy atom. The molecule has 6 nitrogen and oxygen atoms in total. The van der Waals surface area contributed by atoms with Gasteiger partial charge in [0.2, 0.25) is 0 Å². The number of aromatic nitrogens is 2. The summed E-state index contributed by atoms with van der Waals surface area (Å²) >= 11 is 1.34. The molecule has 3 aromatic rings. The van der Waals surface area contributed by atoms with E-state index in [9.17, 15) is 14.0 Å². The largest absolute Gasteiger partial charge is 0.451 e. The molecule has 1 heterocycles. The zero-order valence-corrected chi connectivity index (χ0v) is 17.7. The number of para-hydroxylation sites is 1. The number of nitrogens with zero attached hydrogens (tertiary/aromatic N) is 3. The van der Waals surface area contributed by atoms with Gasteiger partial charge in [0, 0.05) is 17.4 Å². The lowest BCUT2D eigenvalue weighted by Crippen LogP contribution is -2.40. The van der Waals surface area contributed by atoms with Crippen LogP contribution in [0.2, 0.25) is 0 Å². The number of anilines is 1. The van der Waals surface area contributed by atoms with Crippen LogP contribution in [0, 0.1) is 5.82 Å². The summed E-state index contributed by atoms with van der Waals surface area (Å²) in [7, 11) is 0. The third kappa shape index (κ3) is 4.71. The van der Waals surface area contributed by atoms with E-state index in [4.69, 9.17) is 4.74 Å². The molecule has 156 valence electrons. The van der Waals surface area contributed by atoms with Gasteiger partial charge in [-0.25, -0.2) is 14.2 Å². The van der Waals surface area contributed by atoms with Crippen LogP contribution in [0.5, 0.6) is 0 Å². The van der Waals surface area contributed by atoms with E-state index in [1.165, 1.54) is 30.1 Å². The Kier molecular flexibility index (Phi) is 6.89. The lowest BCUT2D eigenvalue weighted by Gasteiger charge is -2.26. The lowest BCUT2D eigenvalue weighted by molar-refractivity contribution is -0.122. The van der Waals surface area contributed by atoms with E-state index in [1.54, 1.807) is 21.6 Å². The molecule has 2 aromatic carbocycles. The molecule has 30 heavy (non-hydrogen) atoms. The van der Waals surface area contributed by atoms with E-state index in [-0.39, 0.29) is 23.5 Å². The molecule has 0 saturated carbocycles. The fraction of sp³-hybridized carbons (Fsp3) is 0.227. The summed E-state index contributed by atoms with van der Waals surface area (Å²) in [6, 6.07) is 14.8. The first kappa shape index (κ1) is 21.6. The Labute approximate surface area is 178 Å². The monoisotopic (exact) mass is 427 g/mol. The molecule has 0 bridgehead atoms. The van der Waals surface area contributed by atoms with Gasteiger partial charge in [-0.3, -0.25) is 9.36 Å². The minimum Gasteiger partial charge on any atom is -0.451 e. The fourth-order valence-corrected chi connectivity index (χ4v) is 3.60. The van der Waals surface area contributed by atoms with E-state index in [1.807, 2.05) is 50.4 Å². The highest BCUT2D eigenvalue weighted by Crippen LogP contribution is 2.23. The number of benzene rings is 2. The van der Waals surface area contributed by atoms with Gasteiger partial charge in [-0.05, 0) is 56.5 Å². The topological polar surface area (TPSA) is 64.4 Å². The molecule has 0 unspecified atom stereocenters. The Balaban J connectivity index is 1.79. The fourth-order valence-electron chi connectivity index (χ4n) is 3.05. The molecule has 0 spiro atoms. The second kappa shape index (κ2) is 9.58. The lowest BCUT2D eigenvalue weighted by atomic mass is 10.2. The van der Waals surface area contributed by atoms with Crippen molar-refractivity contribution in [3.63, 3.8) is 0 Å². The average molecular weight is 428 g/mol. The number of carbonyl (C=O) groups excluding carboxylic acids is 2. The summed E-state index contributed by atoms with van der Waals surface area (Å²) in [5.41, 5.74) is 1.47. The number of esters is 1. The average Bonchev–Trinajstić information content (AvgIpc) is 3.17. The normalized spacial score (nSPS) is 10.8. The third-order valence-corrected chi connectivity index (χ3v) is 5.01. The van der Waals surface area contributed by atoms with E-state index in [0.29, 0.717) is 10.8 Å². The number of ether oxygens (including phenoxy) is 1. The highest BCUT2D eigenvalue weighted by Gasteiger charge is 2.23. The number of hydrogen-bond donors (Lipinski definition) is 0. The van der Waals surface area contributed by atoms with E-state index in [0.717, 1.165) is 5.69 Å². The number of carbonyl (C=O) groups is 2. The molecule has 0 aliphatic heterocycles. The standard InChI is InChI=1S/C22H22FN3O3S/c1-15(2)25(17-7-5-4-6-8-17)20(27)14-29-21(28)19-13-24-22(30-3)26(19)18-11-9-16(23)10-12-18/h4-13,15H,14H2,1-3H3. The predicted molar refractivity (Wildman–Crippen MR) is 115 cm³/mol. The third-order valence-electron chi connectivity index (χ3n) is 4.35. The Hall–Kier alpha value is -3.13. The Bertz CT molecular complexity index is 1020. The SMILES string of the molecule is CSc1ncc(C(=O)OCC(=O)N(c2ccccc2)C(C)C)n1-c1ccc(F)cc1. The van der Waals surface area contributed by atoms with Gasteiger partial charge < -0.3 is 9.64 Å². The molecule has 0 radical (unpaired) electrons. The first-order valence-corrected chi connectivity index (χ1v) is 10.6. The molecule has 1 amide bonds. The van der Waals surface area contributed by atoms with Crippen LogP contribution < -0.4 is 4.90 Å². The summed E-state index contributed by atoms with van der Waals surface area (Å²) in [4.78, 5) is 31.3. The van der Waals surface area contributed by atoms with Crippen molar-refractivity contribution in [2.24, 2.45) is 0 Å². The van der Waals surface area contributed by atoms with Crippen LogP contribution in [-0.4, -0.2) is 40.3 Å². The number of halogens is 1. The second-order valence-electron chi connectivity index (χ2n) is 6.71. The second-order valence-corrected chi connectivity index (χ2v) is 7.48. The van der Waals surface area contributed by atoms with Crippen LogP contribution in [0.4, 0.5) is 10.1 Å². The van der Waals surface area contributed by atoms with Crippen LogP contribution in [0.3, 0.4) is 0 Å². The van der Waals surface area contributed by atoms with Gasteiger partial charge in [0.1, 0.15) is 5.82 Å². The van der Waals surface area contributed by atoms with Gasteiger partial charge in [0.15, 0.2) is 17.5 Å². The number of thioether (sulfide) groups is 1. The molecule has 8 heteroatoms. The van der Waals surface area contributed by atoms with Crippen molar-refractivity contribution in [3.8, 4) is 5.69 Å². The first-order valence-electron chi connectivity index (χ1n) is 9.34. The molecule has 0 N–H and O–H groups in total. The predicted octanol–water partition coefficient (Wildman–Crippen LogP) is 4.33. The molecule has 0 saturated heterocycles. The summed E-state index contributed by atoms with van der Waals surface area (Å²) in [5.74, 6) is -1.39. The summed E-state index contributed by atoms with van der Waals surface area (Å²) in [6.45, 7) is 3.37. The molecule has 0 fully saturated rings. The van der Waals surface area contributed by atoms with Gasteiger partial charge >= 0.3 is 5.97 Å². The summed E-state index contributed by atoms with van der Waals surface area (Å²) in [5, 5.41) is 0.549. The number of imidazole rings is 1. The maximum atomic E-state index is 13.3. The van der Waals surface area contributed by atoms with Gasteiger partial charge in [-0.15, -0.1) is 0 Å². The summed E-state index contributed by atoms with van der Waals surface area (Å²) < 4.78 is 20.2. The highest BCUT2D eigenvalue weighted by molar-refractivity contribution is 7.98. The van der Waals surface area contributed by atoms with Crippen molar-refractivity contribution in [2.75, 3.05) is 17.8 Å². The number of rotatable bonds is 7. The Morgan fingerprint density at radius 3 is 2.40 bits per heavy atom. The molecule has 0 aliphatic carbocycles. The van der Waals surface area contributed by atoms with Crippen molar-refractivity contribution in [1.29, 1.82) is 0 Å². The van der Waals surface area contributed by atoms with E-state index < -0.39 is 12.6 Å². The first-order chi connectivity index (χ1) is 14.4. The van der Waals surface area contributed by atoms with Crippen molar-refractivity contribution in [1.82, 2.24) is 9.55 Å². The van der Waals surface area contributed by atoms with Crippen LogP contribution in [0.1, 0.15) is 24.3 Å². The summed E-state index contributed by atoms with van der Waals surface area (Å²) in [6.07, 6.45) is 3.21. The van der Waals surface area contributed by atoms with Crippen molar-refractivity contribution in [2.45, 2.75) is 25.0 Å². The smallest absolute Gasteiger partial charge is 0.357 e. The quantitative estimate of drug-likeness (QED) is 0.415. The van der Waals surface area contributed by atoms with Gasteiger partial charge in [-0.1, -0.05) is 30.0 Å². The maximum Gasteiger partial charge on any atom is 0.357 e. The van der Waals surface area contributed by atoms with Gasteiger partial charge in [-0.2, -0.15) is 0 Å². The maximum absolute atomic E-state index is 13.3. The molecule has 3 rings (SSSR count). The van der Waals surface area contributed by atoms with Crippen molar-refractivity contribution >= 4 is 29.3 Å². The van der Waals surface area contributed by atoms with Gasteiger partial charge in [0.25, 0.3) is 5.91 Å². The highest BCUT2D eigenvalue weighted by atomic mass is 32.2.